The Bertz CT molecular complexity index is 1940. The SMILES string of the molecule is N[C@@](CC(=O)O)(C[C@H](C(=O)OCC1c2ccccc2-c2ccccc21)c1ccccc1)NC(=O)OCC1c2ccccc2-c2ccccc21. The lowest BCUT2D eigenvalue weighted by molar-refractivity contribution is -0.147. The van der Waals surface area contributed by atoms with E-state index in [9.17, 15) is 19.5 Å². The van der Waals surface area contributed by atoms with E-state index in [1.807, 2.05) is 91.0 Å². The van der Waals surface area contributed by atoms with Gasteiger partial charge in [-0.1, -0.05) is 127 Å². The van der Waals surface area contributed by atoms with Crippen LogP contribution in [0.25, 0.3) is 22.3 Å². The molecule has 8 nitrogen and oxygen atoms in total. The number of alkyl carbamates (subject to hydrolysis) is 1. The summed E-state index contributed by atoms with van der Waals surface area (Å²) in [7, 11) is 0. The van der Waals surface area contributed by atoms with Crippen LogP contribution in [0.2, 0.25) is 0 Å². The molecule has 0 heterocycles. The number of carboxylic acid groups (broad SMARTS) is 1. The number of carbonyl (C=O) groups excluding carboxylic acids is 2. The molecule has 8 heteroatoms. The number of amides is 1. The molecule has 0 saturated heterocycles. The topological polar surface area (TPSA) is 128 Å². The van der Waals surface area contributed by atoms with Crippen LogP contribution >= 0.6 is 0 Å². The number of carbonyl (C=O) groups is 3. The van der Waals surface area contributed by atoms with Crippen molar-refractivity contribution in [3.63, 3.8) is 0 Å². The number of hydrogen-bond acceptors (Lipinski definition) is 6. The second-order valence-electron chi connectivity index (χ2n) is 12.7. The van der Waals surface area contributed by atoms with E-state index >= 15 is 0 Å². The van der Waals surface area contributed by atoms with Gasteiger partial charge < -0.3 is 25.6 Å². The molecule has 5 aromatic rings. The van der Waals surface area contributed by atoms with E-state index in [-0.39, 0.29) is 31.5 Å². The van der Waals surface area contributed by atoms with Crippen molar-refractivity contribution < 1.29 is 29.0 Å². The number of fused-ring (bicyclic) bond motifs is 6. The number of nitrogens with two attached hydrogens (primary N) is 1. The fourth-order valence-electron chi connectivity index (χ4n) is 7.37. The third kappa shape index (κ3) is 6.43. The highest BCUT2D eigenvalue weighted by molar-refractivity contribution is 5.82. The molecular weight excluding hydrogens is 616 g/mol. The number of ether oxygens (including phenoxy) is 2. The van der Waals surface area contributed by atoms with Crippen molar-refractivity contribution in [3.8, 4) is 22.3 Å². The summed E-state index contributed by atoms with van der Waals surface area (Å²) in [6, 6.07) is 41.0. The van der Waals surface area contributed by atoms with Gasteiger partial charge in [-0.3, -0.25) is 9.59 Å². The molecule has 0 aliphatic heterocycles. The van der Waals surface area contributed by atoms with Crippen molar-refractivity contribution in [2.24, 2.45) is 5.73 Å². The first kappa shape index (κ1) is 31.8. The summed E-state index contributed by atoms with van der Waals surface area (Å²) in [4.78, 5) is 39.3. The van der Waals surface area contributed by atoms with Crippen LogP contribution in [0.5, 0.6) is 0 Å². The minimum absolute atomic E-state index is 0.0253. The standard InChI is InChI=1S/C41H36N2O6/c42-41(23-38(44)45,43-40(47)49-25-37-33-20-10-6-16-29(33)30-17-7-11-21-34(30)37)22-35(26-12-2-1-3-13-26)39(46)48-24-36-31-18-8-4-14-27(31)28-15-5-9-19-32(28)36/h1-21,35-37H,22-25,42H2,(H,43,47)(H,44,45)/t35-,41-/m0/s1. The van der Waals surface area contributed by atoms with Crippen molar-refractivity contribution in [1.82, 2.24) is 5.32 Å². The predicted molar refractivity (Wildman–Crippen MR) is 186 cm³/mol. The highest BCUT2D eigenvalue weighted by atomic mass is 16.5. The molecule has 49 heavy (non-hydrogen) atoms. The number of esters is 1. The highest BCUT2D eigenvalue weighted by Crippen LogP contribution is 2.46. The Labute approximate surface area is 284 Å². The van der Waals surface area contributed by atoms with Gasteiger partial charge in [-0.2, -0.15) is 0 Å². The lowest BCUT2D eigenvalue weighted by Gasteiger charge is -2.32. The molecule has 0 unspecified atom stereocenters. The van der Waals surface area contributed by atoms with Gasteiger partial charge in [-0.15, -0.1) is 0 Å². The van der Waals surface area contributed by atoms with Gasteiger partial charge in [-0.25, -0.2) is 4.79 Å². The van der Waals surface area contributed by atoms with Gasteiger partial charge in [0.1, 0.15) is 18.9 Å². The monoisotopic (exact) mass is 652 g/mol. The number of aliphatic carboxylic acids is 1. The molecule has 7 rings (SSSR count). The van der Waals surface area contributed by atoms with Crippen LogP contribution in [-0.4, -0.2) is 42.0 Å². The van der Waals surface area contributed by atoms with Crippen molar-refractivity contribution in [3.05, 3.63) is 155 Å². The number of hydrogen-bond donors (Lipinski definition) is 3. The van der Waals surface area contributed by atoms with E-state index in [2.05, 4.69) is 17.4 Å². The molecule has 1 amide bonds. The third-order valence-electron chi connectivity index (χ3n) is 9.57. The zero-order valence-electron chi connectivity index (χ0n) is 26.8. The average molecular weight is 653 g/mol. The summed E-state index contributed by atoms with van der Waals surface area (Å²) in [6.07, 6.45) is -1.74. The Morgan fingerprint density at radius 1 is 0.633 bits per heavy atom. The lowest BCUT2D eigenvalue weighted by Crippen LogP contribution is -2.58. The second kappa shape index (κ2) is 13.4. The van der Waals surface area contributed by atoms with Gasteiger partial charge in [0, 0.05) is 18.3 Å². The van der Waals surface area contributed by atoms with Gasteiger partial charge in [0.05, 0.1) is 12.3 Å². The van der Waals surface area contributed by atoms with Crippen LogP contribution in [0.1, 0.15) is 58.4 Å². The van der Waals surface area contributed by atoms with E-state index in [0.717, 1.165) is 44.5 Å². The van der Waals surface area contributed by atoms with Gasteiger partial charge in [0.15, 0.2) is 0 Å². The lowest BCUT2D eigenvalue weighted by atomic mass is 9.87. The highest BCUT2D eigenvalue weighted by Gasteiger charge is 2.39. The number of benzene rings is 5. The Morgan fingerprint density at radius 2 is 1.04 bits per heavy atom. The maximum atomic E-state index is 13.9. The minimum atomic E-state index is -1.83. The van der Waals surface area contributed by atoms with Crippen molar-refractivity contribution in [2.75, 3.05) is 13.2 Å². The Balaban J connectivity index is 1.08. The Morgan fingerprint density at radius 3 is 1.49 bits per heavy atom. The first-order valence-corrected chi connectivity index (χ1v) is 16.3. The summed E-state index contributed by atoms with van der Waals surface area (Å²) < 4.78 is 11.7. The molecule has 0 fully saturated rings. The largest absolute Gasteiger partial charge is 0.481 e. The van der Waals surface area contributed by atoms with E-state index < -0.39 is 36.0 Å². The molecule has 0 saturated carbocycles. The molecule has 0 spiro atoms. The molecule has 4 N–H and O–H groups in total. The van der Waals surface area contributed by atoms with Crippen molar-refractivity contribution in [1.29, 1.82) is 0 Å². The molecule has 246 valence electrons. The van der Waals surface area contributed by atoms with Crippen LogP contribution in [0, 0.1) is 0 Å². The Hall–Kier alpha value is -5.73. The second-order valence-corrected chi connectivity index (χ2v) is 12.7. The van der Waals surface area contributed by atoms with Crippen molar-refractivity contribution in [2.45, 2.75) is 36.3 Å². The summed E-state index contributed by atoms with van der Waals surface area (Å²) in [6.45, 7) is 0.115. The molecule has 0 radical (unpaired) electrons. The normalized spacial score (nSPS) is 14.8. The van der Waals surface area contributed by atoms with E-state index in [0.29, 0.717) is 5.56 Å². The summed E-state index contributed by atoms with van der Waals surface area (Å²) >= 11 is 0. The molecule has 2 aliphatic carbocycles. The summed E-state index contributed by atoms with van der Waals surface area (Å²) in [5.41, 5.74) is 14.0. The van der Waals surface area contributed by atoms with Crippen LogP contribution < -0.4 is 11.1 Å². The van der Waals surface area contributed by atoms with Crippen LogP contribution in [0.3, 0.4) is 0 Å². The first-order valence-electron chi connectivity index (χ1n) is 16.3. The van der Waals surface area contributed by atoms with E-state index in [4.69, 9.17) is 15.2 Å². The molecule has 0 bridgehead atoms. The quantitative estimate of drug-likeness (QED) is 0.102. The van der Waals surface area contributed by atoms with E-state index in [1.165, 1.54) is 0 Å². The van der Waals surface area contributed by atoms with Gasteiger partial charge in [0.2, 0.25) is 0 Å². The van der Waals surface area contributed by atoms with Crippen LogP contribution in [0.4, 0.5) is 4.79 Å². The smallest absolute Gasteiger partial charge is 0.408 e. The molecule has 2 aliphatic rings. The summed E-state index contributed by atoms with van der Waals surface area (Å²) in [5, 5.41) is 12.5. The van der Waals surface area contributed by atoms with E-state index in [1.54, 1.807) is 24.3 Å². The zero-order valence-corrected chi connectivity index (χ0v) is 26.8. The number of carboxylic acids is 1. The number of nitrogens with one attached hydrogen (secondary N) is 1. The van der Waals surface area contributed by atoms with Gasteiger partial charge in [0.25, 0.3) is 0 Å². The maximum Gasteiger partial charge on any atom is 0.408 e. The van der Waals surface area contributed by atoms with Crippen LogP contribution in [-0.2, 0) is 19.1 Å². The van der Waals surface area contributed by atoms with Crippen LogP contribution in [0.15, 0.2) is 127 Å². The average Bonchev–Trinajstić information content (AvgIpc) is 3.61. The first-order chi connectivity index (χ1) is 23.8. The predicted octanol–water partition coefficient (Wildman–Crippen LogP) is 7.18. The van der Waals surface area contributed by atoms with Crippen molar-refractivity contribution >= 4 is 18.0 Å². The molecule has 2 atom stereocenters. The molecule has 0 aromatic heterocycles. The molecular formula is C41H36N2O6. The summed E-state index contributed by atoms with van der Waals surface area (Å²) in [5.74, 6) is -3.12. The minimum Gasteiger partial charge on any atom is -0.481 e. The number of rotatable bonds is 11. The third-order valence-corrected chi connectivity index (χ3v) is 9.57. The van der Waals surface area contributed by atoms with Gasteiger partial charge in [-0.05, 0) is 50.1 Å². The fourth-order valence-corrected chi connectivity index (χ4v) is 7.37. The Kier molecular flexibility index (Phi) is 8.72. The zero-order chi connectivity index (χ0) is 34.0. The maximum absolute atomic E-state index is 13.9. The molecule has 5 aromatic carbocycles. The van der Waals surface area contributed by atoms with Gasteiger partial charge >= 0.3 is 18.0 Å². The fraction of sp³-hybridized carbons (Fsp3) is 0.195.